The quantitative estimate of drug-likeness (QED) is 0.546. The van der Waals surface area contributed by atoms with Crippen molar-refractivity contribution in [1.82, 2.24) is 5.32 Å². The van der Waals surface area contributed by atoms with Gasteiger partial charge in [-0.05, 0) is 55.6 Å². The number of rotatable bonds is 7. The molecule has 23 heavy (non-hydrogen) atoms. The summed E-state index contributed by atoms with van der Waals surface area (Å²) in [5, 5.41) is 14.7. The largest absolute Gasteiger partial charge is 0.394 e. The van der Waals surface area contributed by atoms with E-state index in [1.165, 1.54) is 0 Å². The minimum atomic E-state index is 0.595. The highest BCUT2D eigenvalue weighted by Crippen LogP contribution is 2.20. The molecule has 0 unspecified atom stereocenters. The second kappa shape index (κ2) is 9.20. The smallest absolute Gasteiger partial charge is 0.0854 e. The molecule has 0 bridgehead atoms. The summed E-state index contributed by atoms with van der Waals surface area (Å²) < 4.78 is 0. The summed E-state index contributed by atoms with van der Waals surface area (Å²) in [7, 11) is 1.87. The number of hydrogen-bond donors (Lipinski definition) is 2. The molecule has 4 nitrogen and oxygen atoms in total. The van der Waals surface area contributed by atoms with E-state index in [4.69, 9.17) is 0 Å². The van der Waals surface area contributed by atoms with E-state index in [1.807, 2.05) is 86.9 Å². The first-order valence-electron chi connectivity index (χ1n) is 7.57. The fourth-order valence-electron chi connectivity index (χ4n) is 1.89. The lowest BCUT2D eigenvalue weighted by atomic mass is 10.2. The van der Waals surface area contributed by atoms with Crippen molar-refractivity contribution in [2.24, 2.45) is 10.2 Å². The molecule has 0 heterocycles. The number of benzene rings is 2. The predicted molar refractivity (Wildman–Crippen MR) is 97.5 cm³/mol. The lowest BCUT2D eigenvalue weighted by Gasteiger charge is -2.05. The molecule has 0 aromatic heterocycles. The molecule has 0 saturated carbocycles. The van der Waals surface area contributed by atoms with Crippen LogP contribution in [0.1, 0.15) is 6.92 Å². The Bertz CT molecular complexity index is 670. The minimum absolute atomic E-state index is 0.595. The van der Waals surface area contributed by atoms with Gasteiger partial charge in [0.25, 0.3) is 0 Å². The first kappa shape index (κ1) is 16.5. The molecule has 0 atom stereocenters. The molecule has 0 aliphatic heterocycles. The fraction of sp³-hybridized carbons (Fsp3) is 0.158. The van der Waals surface area contributed by atoms with Crippen LogP contribution in [0, 0.1) is 0 Å². The molecule has 0 saturated heterocycles. The summed E-state index contributed by atoms with van der Waals surface area (Å²) in [5.41, 5.74) is 4.10. The zero-order valence-corrected chi connectivity index (χ0v) is 13.5. The second-order valence-electron chi connectivity index (χ2n) is 5.10. The first-order chi connectivity index (χ1) is 11.3. The maximum absolute atomic E-state index is 4.24. The highest BCUT2D eigenvalue weighted by atomic mass is 15.1. The maximum atomic E-state index is 4.24. The van der Waals surface area contributed by atoms with Crippen molar-refractivity contribution in [2.45, 2.75) is 6.92 Å². The van der Waals surface area contributed by atoms with E-state index in [-0.39, 0.29) is 0 Å². The van der Waals surface area contributed by atoms with Crippen LogP contribution < -0.4 is 10.6 Å². The van der Waals surface area contributed by atoms with E-state index in [2.05, 4.69) is 20.9 Å². The molecule has 0 aliphatic rings. The summed E-state index contributed by atoms with van der Waals surface area (Å²) >= 11 is 0. The van der Waals surface area contributed by atoms with Gasteiger partial charge in [-0.1, -0.05) is 29.8 Å². The maximum Gasteiger partial charge on any atom is 0.0854 e. The van der Waals surface area contributed by atoms with Crippen LogP contribution in [-0.4, -0.2) is 13.6 Å². The highest BCUT2D eigenvalue weighted by Gasteiger charge is 1.94. The number of nitrogens with zero attached hydrogens (tertiary/aromatic N) is 2. The van der Waals surface area contributed by atoms with Crippen LogP contribution >= 0.6 is 0 Å². The molecular formula is C19H22N4. The van der Waals surface area contributed by atoms with E-state index >= 15 is 0 Å². The van der Waals surface area contributed by atoms with Crippen molar-refractivity contribution in [2.75, 3.05) is 18.9 Å². The van der Waals surface area contributed by atoms with E-state index < -0.39 is 0 Å². The van der Waals surface area contributed by atoms with Crippen LogP contribution in [0.5, 0.6) is 0 Å². The van der Waals surface area contributed by atoms with Gasteiger partial charge >= 0.3 is 0 Å². The van der Waals surface area contributed by atoms with E-state index in [0.717, 1.165) is 22.6 Å². The molecule has 2 aromatic carbocycles. The second-order valence-corrected chi connectivity index (χ2v) is 5.10. The van der Waals surface area contributed by atoms with Gasteiger partial charge < -0.3 is 10.6 Å². The normalized spacial score (nSPS) is 12.0. The summed E-state index contributed by atoms with van der Waals surface area (Å²) in [6.07, 6.45) is 5.84. The molecule has 2 aromatic rings. The van der Waals surface area contributed by atoms with Gasteiger partial charge in [0.2, 0.25) is 0 Å². The van der Waals surface area contributed by atoms with Crippen LogP contribution in [0.4, 0.5) is 17.1 Å². The number of para-hydroxylation sites is 1. The third kappa shape index (κ3) is 6.18. The summed E-state index contributed by atoms with van der Waals surface area (Å²) in [6, 6.07) is 18.0. The third-order valence-electron chi connectivity index (χ3n) is 3.08. The van der Waals surface area contributed by atoms with Gasteiger partial charge in [0.05, 0.1) is 12.2 Å². The number of azo groups is 1. The van der Waals surface area contributed by atoms with E-state index in [0.29, 0.717) is 6.54 Å². The molecule has 118 valence electrons. The average Bonchev–Trinajstić information content (AvgIpc) is 2.58. The van der Waals surface area contributed by atoms with Crippen molar-refractivity contribution < 1.29 is 0 Å². The average molecular weight is 306 g/mol. The van der Waals surface area contributed by atoms with Crippen LogP contribution in [-0.2, 0) is 0 Å². The Morgan fingerprint density at radius 3 is 2.39 bits per heavy atom. The molecule has 2 N–H and O–H groups in total. The van der Waals surface area contributed by atoms with Gasteiger partial charge in [0.1, 0.15) is 0 Å². The summed E-state index contributed by atoms with van der Waals surface area (Å²) in [6.45, 7) is 2.63. The molecule has 0 spiro atoms. The Labute approximate surface area is 137 Å². The summed E-state index contributed by atoms with van der Waals surface area (Å²) in [5.74, 6) is 0. The monoisotopic (exact) mass is 306 g/mol. The van der Waals surface area contributed by atoms with Crippen molar-refractivity contribution in [3.8, 4) is 0 Å². The zero-order valence-electron chi connectivity index (χ0n) is 13.5. The first-order valence-corrected chi connectivity index (χ1v) is 7.57. The third-order valence-corrected chi connectivity index (χ3v) is 3.08. The molecule has 0 radical (unpaired) electrons. The molecule has 0 fully saturated rings. The molecule has 2 rings (SSSR count). The lowest BCUT2D eigenvalue weighted by Crippen LogP contribution is -1.90. The van der Waals surface area contributed by atoms with Crippen molar-refractivity contribution >= 4 is 17.1 Å². The van der Waals surface area contributed by atoms with Gasteiger partial charge in [-0.2, -0.15) is 10.2 Å². The Morgan fingerprint density at radius 2 is 1.70 bits per heavy atom. The van der Waals surface area contributed by atoms with Crippen molar-refractivity contribution in [3.05, 3.63) is 78.5 Å². The Balaban J connectivity index is 1.88. The van der Waals surface area contributed by atoms with E-state index in [1.54, 1.807) is 0 Å². The van der Waals surface area contributed by atoms with Crippen LogP contribution in [0.3, 0.4) is 0 Å². The zero-order chi connectivity index (χ0) is 16.3. The number of allylic oxidation sites excluding steroid dienone is 2. The van der Waals surface area contributed by atoms with Crippen LogP contribution in [0.2, 0.25) is 0 Å². The van der Waals surface area contributed by atoms with Crippen LogP contribution in [0.25, 0.3) is 0 Å². The minimum Gasteiger partial charge on any atom is -0.394 e. The molecular weight excluding hydrogens is 284 g/mol. The lowest BCUT2D eigenvalue weighted by molar-refractivity contribution is 1.02. The van der Waals surface area contributed by atoms with E-state index in [9.17, 15) is 0 Å². The molecule has 4 heteroatoms. The van der Waals surface area contributed by atoms with Gasteiger partial charge in [-0.3, -0.25) is 0 Å². The molecule has 0 amide bonds. The van der Waals surface area contributed by atoms with Crippen molar-refractivity contribution in [3.63, 3.8) is 0 Å². The Morgan fingerprint density at radius 1 is 1.00 bits per heavy atom. The standard InChI is InChI=1S/C19H22N4/c1-16(7-6-14-20-2)15-21-23-19-12-10-18(11-13-19)22-17-8-4-3-5-9-17/h3-14,20,22H,15H2,1-2H3/b14-6-,16-7-,23-21?. The number of anilines is 2. The highest BCUT2D eigenvalue weighted by molar-refractivity contribution is 5.61. The number of nitrogens with one attached hydrogen (secondary N) is 2. The molecule has 0 aliphatic carbocycles. The topological polar surface area (TPSA) is 48.8 Å². The van der Waals surface area contributed by atoms with Crippen molar-refractivity contribution in [1.29, 1.82) is 0 Å². The predicted octanol–water partition coefficient (Wildman–Crippen LogP) is 5.19. The van der Waals surface area contributed by atoms with Gasteiger partial charge in [0.15, 0.2) is 0 Å². The van der Waals surface area contributed by atoms with Gasteiger partial charge in [-0.15, -0.1) is 0 Å². The fourth-order valence-corrected chi connectivity index (χ4v) is 1.89. The summed E-state index contributed by atoms with van der Waals surface area (Å²) in [4.78, 5) is 0. The number of hydrogen-bond acceptors (Lipinski definition) is 4. The van der Waals surface area contributed by atoms with Gasteiger partial charge in [-0.25, -0.2) is 0 Å². The SMILES string of the molecule is CN/C=C\C=C(\C)CN=Nc1ccc(Nc2ccccc2)cc1. The Kier molecular flexibility index (Phi) is 6.60. The Hall–Kier alpha value is -2.88. The van der Waals surface area contributed by atoms with Crippen LogP contribution in [0.15, 0.2) is 88.8 Å². The van der Waals surface area contributed by atoms with Gasteiger partial charge in [0, 0.05) is 18.4 Å².